The van der Waals surface area contributed by atoms with Crippen molar-refractivity contribution < 1.29 is 33.6 Å². The fourth-order valence-corrected chi connectivity index (χ4v) is 5.15. The minimum absolute atomic E-state index is 0.0433. The van der Waals surface area contributed by atoms with Crippen LogP contribution in [0.25, 0.3) is 0 Å². The van der Waals surface area contributed by atoms with Crippen LogP contribution in [0.2, 0.25) is 0 Å². The molecule has 0 bridgehead atoms. The van der Waals surface area contributed by atoms with Gasteiger partial charge in [0, 0.05) is 23.3 Å². The first-order valence-electron chi connectivity index (χ1n) is 13.2. The second-order valence-electron chi connectivity index (χ2n) is 10.0. The van der Waals surface area contributed by atoms with Crippen LogP contribution in [-0.4, -0.2) is 51.0 Å². The first-order valence-corrected chi connectivity index (χ1v) is 13.2. The number of nitrogens with zero attached hydrogens (tertiary/aromatic N) is 3. The van der Waals surface area contributed by atoms with Gasteiger partial charge < -0.3 is 4.74 Å². The van der Waals surface area contributed by atoms with E-state index in [0.717, 1.165) is 22.2 Å². The second-order valence-corrected chi connectivity index (χ2v) is 10.0. The summed E-state index contributed by atoms with van der Waals surface area (Å²) in [7, 11) is 0. The zero-order valence-electron chi connectivity index (χ0n) is 22.4. The molecule has 1 aliphatic heterocycles. The number of hydrogen-bond donors (Lipinski definition) is 0. The van der Waals surface area contributed by atoms with E-state index >= 15 is 0 Å². The van der Waals surface area contributed by atoms with Gasteiger partial charge in [-0.25, -0.2) is 9.80 Å². The number of nitro groups is 1. The van der Waals surface area contributed by atoms with Crippen LogP contribution >= 0.6 is 0 Å². The van der Waals surface area contributed by atoms with E-state index < -0.39 is 52.8 Å². The van der Waals surface area contributed by atoms with Gasteiger partial charge in [-0.15, -0.1) is 0 Å². The summed E-state index contributed by atoms with van der Waals surface area (Å²) >= 11 is 0. The number of hydrogen-bond acceptors (Lipinski definition) is 8. The average molecular weight is 568 g/mol. The summed E-state index contributed by atoms with van der Waals surface area (Å²) in [6.07, 6.45) is 3.99. The molecule has 0 radical (unpaired) electrons. The van der Waals surface area contributed by atoms with Crippen molar-refractivity contribution in [3.05, 3.63) is 118 Å². The van der Waals surface area contributed by atoms with Gasteiger partial charge >= 0.3 is 5.97 Å². The van der Waals surface area contributed by atoms with Crippen LogP contribution in [-0.2, 0) is 9.59 Å². The van der Waals surface area contributed by atoms with Crippen molar-refractivity contribution in [2.24, 2.45) is 17.8 Å². The van der Waals surface area contributed by atoms with Crippen LogP contribution in [0.1, 0.15) is 44.4 Å². The molecule has 0 N–H and O–H groups in total. The maximum atomic E-state index is 13.7. The SMILES string of the molecule is C[C@@H]1C=CC[C@@H]2C(=O)N(N(CC(=O)c3ccc(OC(=O)c4ccccc4)cc3)C(=O)c3ccc([N+](=O)[O-])cc3)C(=O)[C@H]12. The van der Waals surface area contributed by atoms with Crippen molar-refractivity contribution in [3.63, 3.8) is 0 Å². The minimum atomic E-state index is -0.840. The highest BCUT2D eigenvalue weighted by Gasteiger charge is 2.53. The van der Waals surface area contributed by atoms with Crippen molar-refractivity contribution >= 4 is 35.2 Å². The van der Waals surface area contributed by atoms with Gasteiger partial charge in [0.1, 0.15) is 12.3 Å². The molecule has 0 saturated carbocycles. The number of ether oxygens (including phenoxy) is 1. The molecule has 1 heterocycles. The third-order valence-electron chi connectivity index (χ3n) is 7.34. The van der Waals surface area contributed by atoms with Crippen molar-refractivity contribution in [2.75, 3.05) is 6.54 Å². The Bertz CT molecular complexity index is 1600. The molecule has 5 rings (SSSR count). The highest BCUT2D eigenvalue weighted by molar-refractivity contribution is 6.10. The number of fused-ring (bicyclic) bond motifs is 1. The molecule has 2 aliphatic rings. The van der Waals surface area contributed by atoms with Crippen molar-refractivity contribution in [2.45, 2.75) is 13.3 Å². The van der Waals surface area contributed by atoms with Gasteiger partial charge in [-0.3, -0.25) is 29.3 Å². The molecule has 1 fully saturated rings. The quantitative estimate of drug-likeness (QED) is 0.0747. The molecule has 1 saturated heterocycles. The van der Waals surface area contributed by atoms with Crippen molar-refractivity contribution in [1.29, 1.82) is 0 Å². The zero-order chi connectivity index (χ0) is 30.0. The van der Waals surface area contributed by atoms with Crippen LogP contribution in [0, 0.1) is 27.9 Å². The number of imide groups is 1. The number of non-ortho nitro benzene ring substituents is 1. The maximum absolute atomic E-state index is 13.7. The maximum Gasteiger partial charge on any atom is 0.343 e. The lowest BCUT2D eigenvalue weighted by Crippen LogP contribution is -2.52. The Morgan fingerprint density at radius 1 is 0.905 bits per heavy atom. The lowest BCUT2D eigenvalue weighted by molar-refractivity contribution is -0.384. The standard InChI is InChI=1S/C31H25N3O8/c1-19-6-5-9-25-27(19)30(38)33(29(25)37)32(28(36)21-10-14-23(15-11-21)34(40)41)18-26(35)20-12-16-24(17-13-20)42-31(39)22-7-3-2-4-8-22/h2-8,10-17,19,25,27H,9,18H2,1H3/t19-,25+,27-/m1/s1. The fourth-order valence-electron chi connectivity index (χ4n) is 5.15. The summed E-state index contributed by atoms with van der Waals surface area (Å²) in [5.41, 5.74) is 0.199. The molecule has 3 amide bonds. The summed E-state index contributed by atoms with van der Waals surface area (Å²) in [6, 6.07) is 18.7. The molecule has 3 atom stereocenters. The van der Waals surface area contributed by atoms with E-state index in [1.54, 1.807) is 30.3 Å². The summed E-state index contributed by atoms with van der Waals surface area (Å²) < 4.78 is 5.35. The lowest BCUT2D eigenvalue weighted by Gasteiger charge is -2.30. The van der Waals surface area contributed by atoms with Gasteiger partial charge in [-0.05, 0) is 60.9 Å². The van der Waals surface area contributed by atoms with Crippen LogP contribution in [0.15, 0.2) is 91.0 Å². The van der Waals surface area contributed by atoms with E-state index in [4.69, 9.17) is 4.74 Å². The number of rotatable bonds is 8. The van der Waals surface area contributed by atoms with Gasteiger partial charge in [0.05, 0.1) is 22.3 Å². The van der Waals surface area contributed by atoms with Gasteiger partial charge in [0.15, 0.2) is 5.78 Å². The summed E-state index contributed by atoms with van der Waals surface area (Å²) in [5.74, 6) is -4.59. The molecule has 1 aliphatic carbocycles. The van der Waals surface area contributed by atoms with Crippen LogP contribution < -0.4 is 4.74 Å². The van der Waals surface area contributed by atoms with Gasteiger partial charge in [0.2, 0.25) is 0 Å². The number of esters is 1. The number of hydrazine groups is 1. The average Bonchev–Trinajstić information content (AvgIpc) is 3.26. The highest BCUT2D eigenvalue weighted by atomic mass is 16.6. The minimum Gasteiger partial charge on any atom is -0.423 e. The molecular formula is C31H25N3O8. The highest BCUT2D eigenvalue weighted by Crippen LogP contribution is 2.39. The molecule has 0 spiro atoms. The number of carbonyl (C=O) groups excluding carboxylic acids is 5. The molecule has 3 aromatic carbocycles. The van der Waals surface area contributed by atoms with Gasteiger partial charge in [-0.1, -0.05) is 37.3 Å². The van der Waals surface area contributed by atoms with Crippen LogP contribution in [0.4, 0.5) is 5.69 Å². The van der Waals surface area contributed by atoms with Gasteiger partial charge in [-0.2, -0.15) is 5.01 Å². The van der Waals surface area contributed by atoms with Gasteiger partial charge in [0.25, 0.3) is 23.4 Å². The lowest BCUT2D eigenvalue weighted by atomic mass is 9.78. The van der Waals surface area contributed by atoms with Crippen LogP contribution in [0.5, 0.6) is 5.75 Å². The Labute approximate surface area is 240 Å². The largest absolute Gasteiger partial charge is 0.423 e. The summed E-state index contributed by atoms with van der Waals surface area (Å²) in [6.45, 7) is 1.15. The predicted molar refractivity (Wildman–Crippen MR) is 148 cm³/mol. The normalized spacial score (nSPS) is 19.3. The molecule has 11 heteroatoms. The predicted octanol–water partition coefficient (Wildman–Crippen LogP) is 4.25. The molecule has 42 heavy (non-hydrogen) atoms. The number of carbonyl (C=O) groups is 5. The zero-order valence-corrected chi connectivity index (χ0v) is 22.4. The van der Waals surface area contributed by atoms with Crippen molar-refractivity contribution in [3.8, 4) is 5.75 Å². The number of nitro benzene ring substituents is 1. The van der Waals surface area contributed by atoms with E-state index in [-0.39, 0.29) is 28.5 Å². The number of allylic oxidation sites excluding steroid dienone is 2. The Morgan fingerprint density at radius 2 is 1.55 bits per heavy atom. The topological polar surface area (TPSA) is 144 Å². The molecule has 212 valence electrons. The van der Waals surface area contributed by atoms with E-state index in [0.29, 0.717) is 12.0 Å². The number of Topliss-reactive ketones (excluding diaryl/α,β-unsaturated/α-hetero) is 1. The van der Waals surface area contributed by atoms with E-state index in [1.807, 2.05) is 19.1 Å². The Hall–Kier alpha value is -5.45. The molecule has 0 aromatic heterocycles. The molecule has 11 nitrogen and oxygen atoms in total. The first-order chi connectivity index (χ1) is 20.2. The first kappa shape index (κ1) is 28.1. The number of amides is 3. The smallest absolute Gasteiger partial charge is 0.343 e. The molecule has 3 aromatic rings. The molecule has 0 unspecified atom stereocenters. The fraction of sp³-hybridized carbons (Fsp3) is 0.194. The van der Waals surface area contributed by atoms with E-state index in [2.05, 4.69) is 0 Å². The number of ketones is 1. The monoisotopic (exact) mass is 567 g/mol. The molecular weight excluding hydrogens is 542 g/mol. The van der Waals surface area contributed by atoms with Crippen LogP contribution in [0.3, 0.4) is 0 Å². The van der Waals surface area contributed by atoms with E-state index in [9.17, 15) is 34.1 Å². The third kappa shape index (κ3) is 5.44. The summed E-state index contributed by atoms with van der Waals surface area (Å²) in [4.78, 5) is 76.8. The Morgan fingerprint density at radius 3 is 2.17 bits per heavy atom. The number of benzene rings is 3. The Kier molecular flexibility index (Phi) is 7.74. The van der Waals surface area contributed by atoms with E-state index in [1.165, 1.54) is 36.4 Å². The summed E-state index contributed by atoms with van der Waals surface area (Å²) in [5, 5.41) is 12.6. The Balaban J connectivity index is 1.40. The second kappa shape index (κ2) is 11.6. The third-order valence-corrected chi connectivity index (χ3v) is 7.34. The van der Waals surface area contributed by atoms with Crippen molar-refractivity contribution in [1.82, 2.24) is 10.0 Å².